The van der Waals surface area contributed by atoms with E-state index in [0.717, 1.165) is 22.4 Å². The van der Waals surface area contributed by atoms with Gasteiger partial charge in [0.05, 0.1) is 18.1 Å². The quantitative estimate of drug-likeness (QED) is 0.483. The van der Waals surface area contributed by atoms with Crippen molar-refractivity contribution in [3.8, 4) is 17.2 Å². The number of Topliss-reactive ketones (excluding diaryl/α,β-unsaturated/α-hetero) is 1. The van der Waals surface area contributed by atoms with Crippen LogP contribution in [0.1, 0.15) is 79.8 Å². The van der Waals surface area contributed by atoms with E-state index < -0.39 is 17.8 Å². The molecule has 0 spiro atoms. The first-order valence-electron chi connectivity index (χ1n) is 12.0. The van der Waals surface area contributed by atoms with Crippen LogP contribution in [0.15, 0.2) is 54.1 Å². The minimum atomic E-state index is -0.850. The molecule has 2 atom stereocenters. The first-order valence-corrected chi connectivity index (χ1v) is 12.0. The second kappa shape index (κ2) is 9.38. The van der Waals surface area contributed by atoms with Gasteiger partial charge in [0.1, 0.15) is 29.0 Å². The molecule has 2 N–H and O–H groups in total. The monoisotopic (exact) mass is 474 g/mol. The highest BCUT2D eigenvalue weighted by Crippen LogP contribution is 2.44. The molecule has 4 rings (SSSR count). The van der Waals surface area contributed by atoms with Crippen molar-refractivity contribution in [2.24, 2.45) is 0 Å². The summed E-state index contributed by atoms with van der Waals surface area (Å²) >= 11 is 0. The van der Waals surface area contributed by atoms with Crippen LogP contribution in [0.4, 0.5) is 0 Å². The number of rotatable bonds is 6. The highest BCUT2D eigenvalue weighted by atomic mass is 16.5. The minimum absolute atomic E-state index is 0.00856. The van der Waals surface area contributed by atoms with Crippen molar-refractivity contribution in [3.63, 3.8) is 0 Å². The van der Waals surface area contributed by atoms with Gasteiger partial charge in [-0.15, -0.1) is 0 Å². The lowest BCUT2D eigenvalue weighted by Gasteiger charge is -2.32. The first kappa shape index (κ1) is 24.8. The number of hydrogen-bond acceptors (Lipinski definition) is 5. The Morgan fingerprint density at radius 1 is 1.23 bits per heavy atom. The van der Waals surface area contributed by atoms with Crippen molar-refractivity contribution in [1.82, 2.24) is 0 Å². The molecule has 0 bridgehead atoms. The third-order valence-electron chi connectivity index (χ3n) is 6.48. The average molecular weight is 475 g/mol. The zero-order valence-electron chi connectivity index (χ0n) is 21.1. The fourth-order valence-electron chi connectivity index (χ4n) is 4.41. The van der Waals surface area contributed by atoms with Crippen molar-refractivity contribution >= 4 is 11.9 Å². The van der Waals surface area contributed by atoms with Crippen LogP contribution in [-0.4, -0.2) is 27.7 Å². The van der Waals surface area contributed by atoms with Crippen molar-refractivity contribution in [1.29, 1.82) is 0 Å². The smallest absolute Gasteiger partial charge is 0.170 e. The van der Waals surface area contributed by atoms with E-state index in [2.05, 4.69) is 38.6 Å². The van der Waals surface area contributed by atoms with Crippen molar-refractivity contribution in [2.45, 2.75) is 71.7 Å². The summed E-state index contributed by atoms with van der Waals surface area (Å²) in [6.45, 7) is 13.7. The normalized spacial score (nSPS) is 18.6. The predicted octanol–water partition coefficient (Wildman–Crippen LogP) is 6.27. The maximum absolute atomic E-state index is 13.1. The lowest BCUT2D eigenvalue weighted by Crippen LogP contribution is -2.28. The Balaban J connectivity index is 1.77. The molecule has 0 fully saturated rings. The van der Waals surface area contributed by atoms with E-state index in [1.165, 1.54) is 11.6 Å². The SMILES string of the molecule is C=C(C)[C@H](O)Cc1c(O)ccc2c1O[C@H](c1cc3c(c(CC=C(C)C)c1)OC(C)(C)C=C3)CC2=O. The number of hydrogen-bond donors (Lipinski definition) is 2. The summed E-state index contributed by atoms with van der Waals surface area (Å²) in [6.07, 6.45) is 5.90. The summed E-state index contributed by atoms with van der Waals surface area (Å²) in [7, 11) is 0. The van der Waals surface area contributed by atoms with Crippen LogP contribution in [0.3, 0.4) is 0 Å². The summed E-state index contributed by atoms with van der Waals surface area (Å²) in [5.74, 6) is 1.12. The number of carbonyl (C=O) groups excluding carboxylic acids is 1. The topological polar surface area (TPSA) is 76.0 Å². The molecule has 2 aliphatic rings. The number of aromatic hydroxyl groups is 1. The molecule has 0 aliphatic carbocycles. The number of benzene rings is 2. The summed E-state index contributed by atoms with van der Waals surface area (Å²) in [6, 6.07) is 7.15. The number of aliphatic hydroxyl groups is 1. The number of carbonyl (C=O) groups is 1. The Bertz CT molecular complexity index is 1240. The van der Waals surface area contributed by atoms with Gasteiger partial charge in [-0.25, -0.2) is 0 Å². The van der Waals surface area contributed by atoms with Gasteiger partial charge in [0, 0.05) is 17.5 Å². The van der Waals surface area contributed by atoms with Gasteiger partial charge in [0.25, 0.3) is 0 Å². The molecular formula is C30H34O5. The highest BCUT2D eigenvalue weighted by molar-refractivity contribution is 6.00. The summed E-state index contributed by atoms with van der Waals surface area (Å²) in [5.41, 5.74) is 5.10. The molecule has 2 aromatic rings. The lowest BCUT2D eigenvalue weighted by atomic mass is 9.89. The van der Waals surface area contributed by atoms with Crippen molar-refractivity contribution < 1.29 is 24.5 Å². The Hall–Kier alpha value is -3.31. The summed E-state index contributed by atoms with van der Waals surface area (Å²) in [4.78, 5) is 13.1. The first-order chi connectivity index (χ1) is 16.4. The van der Waals surface area contributed by atoms with E-state index in [9.17, 15) is 15.0 Å². The molecule has 0 unspecified atom stereocenters. The average Bonchev–Trinajstić information content (AvgIpc) is 2.78. The molecular weight excluding hydrogens is 440 g/mol. The Labute approximate surface area is 207 Å². The van der Waals surface area contributed by atoms with E-state index in [0.29, 0.717) is 28.9 Å². The number of phenolic OH excluding ortho intramolecular Hbond substituents is 1. The van der Waals surface area contributed by atoms with Crippen LogP contribution >= 0.6 is 0 Å². The zero-order chi connectivity index (χ0) is 25.5. The predicted molar refractivity (Wildman–Crippen MR) is 138 cm³/mol. The van der Waals surface area contributed by atoms with Crippen molar-refractivity contribution in [2.75, 3.05) is 0 Å². The maximum Gasteiger partial charge on any atom is 0.170 e. The molecule has 2 heterocycles. The fraction of sp³-hybridized carbons (Fsp3) is 0.367. The summed E-state index contributed by atoms with van der Waals surface area (Å²) < 4.78 is 12.7. The second-order valence-corrected chi connectivity index (χ2v) is 10.4. The molecule has 0 aromatic heterocycles. The van der Waals surface area contributed by atoms with Crippen LogP contribution in [0.25, 0.3) is 6.08 Å². The minimum Gasteiger partial charge on any atom is -0.508 e. The summed E-state index contributed by atoms with van der Waals surface area (Å²) in [5, 5.41) is 20.9. The zero-order valence-corrected chi connectivity index (χ0v) is 21.1. The van der Waals surface area contributed by atoms with Gasteiger partial charge >= 0.3 is 0 Å². The van der Waals surface area contributed by atoms with E-state index in [1.807, 2.05) is 26.0 Å². The van der Waals surface area contributed by atoms with Crippen LogP contribution in [0.2, 0.25) is 0 Å². The molecule has 0 amide bonds. The third-order valence-corrected chi connectivity index (χ3v) is 6.48. The Morgan fingerprint density at radius 2 is 1.97 bits per heavy atom. The lowest BCUT2D eigenvalue weighted by molar-refractivity contribution is 0.0844. The van der Waals surface area contributed by atoms with E-state index in [-0.39, 0.29) is 24.4 Å². The molecule has 0 saturated carbocycles. The van der Waals surface area contributed by atoms with Gasteiger partial charge < -0.3 is 19.7 Å². The van der Waals surface area contributed by atoms with Crippen LogP contribution < -0.4 is 9.47 Å². The number of fused-ring (bicyclic) bond motifs is 2. The molecule has 5 nitrogen and oxygen atoms in total. The molecule has 0 radical (unpaired) electrons. The largest absolute Gasteiger partial charge is 0.508 e. The number of ether oxygens (including phenoxy) is 2. The van der Waals surface area contributed by atoms with Crippen molar-refractivity contribution in [3.05, 3.63) is 82.0 Å². The maximum atomic E-state index is 13.1. The van der Waals surface area contributed by atoms with Crippen LogP contribution in [-0.2, 0) is 12.8 Å². The Kier molecular flexibility index (Phi) is 6.65. The molecule has 2 aliphatic heterocycles. The van der Waals surface area contributed by atoms with Gasteiger partial charge in [-0.05, 0) is 82.5 Å². The number of phenols is 1. The van der Waals surface area contributed by atoms with E-state index in [1.54, 1.807) is 13.0 Å². The van der Waals surface area contributed by atoms with E-state index >= 15 is 0 Å². The number of aliphatic hydroxyl groups excluding tert-OH is 1. The number of ketones is 1. The highest BCUT2D eigenvalue weighted by Gasteiger charge is 2.33. The molecule has 184 valence electrons. The Morgan fingerprint density at radius 3 is 2.66 bits per heavy atom. The molecule has 0 saturated heterocycles. The fourth-order valence-corrected chi connectivity index (χ4v) is 4.41. The standard InChI is InChI=1S/C30H34O5/c1-17(2)7-8-19-13-21(14-20-11-12-30(5,6)35-28(19)20)27-16-26(33)22-9-10-24(31)23(29(22)34-27)15-25(32)18(3)4/h7,9-14,25,27,31-32H,3,8,15-16H2,1-2,4-6H3/t25-,27+/m1/s1. The second-order valence-electron chi connectivity index (χ2n) is 10.4. The van der Waals surface area contributed by atoms with Gasteiger partial charge in [-0.3, -0.25) is 4.79 Å². The number of allylic oxidation sites excluding steroid dienone is 2. The molecule has 5 heteroatoms. The van der Waals surface area contributed by atoms with Crippen LogP contribution in [0.5, 0.6) is 17.2 Å². The van der Waals surface area contributed by atoms with E-state index in [4.69, 9.17) is 9.47 Å². The van der Waals surface area contributed by atoms with Gasteiger partial charge in [0.15, 0.2) is 5.78 Å². The van der Waals surface area contributed by atoms with Gasteiger partial charge in [0.2, 0.25) is 0 Å². The molecule has 35 heavy (non-hydrogen) atoms. The molecule has 2 aromatic carbocycles. The third kappa shape index (κ3) is 5.20. The van der Waals surface area contributed by atoms with Gasteiger partial charge in [-0.2, -0.15) is 0 Å². The van der Waals surface area contributed by atoms with Gasteiger partial charge in [-0.1, -0.05) is 29.9 Å². The van der Waals surface area contributed by atoms with Crippen LogP contribution in [0, 0.1) is 0 Å².